The Morgan fingerprint density at radius 3 is 2.65 bits per heavy atom. The Bertz CT molecular complexity index is 576. The third-order valence-electron chi connectivity index (χ3n) is 5.05. The van der Waals surface area contributed by atoms with Crippen LogP contribution in [0.4, 0.5) is 0 Å². The van der Waals surface area contributed by atoms with E-state index in [9.17, 15) is 4.79 Å². The lowest BCUT2D eigenvalue weighted by Gasteiger charge is -2.28. The number of methoxy groups -OCH3 is 1. The molecule has 1 aliphatic heterocycles. The molecule has 0 unspecified atom stereocenters. The number of rotatable bonds is 3. The fourth-order valence-electron chi connectivity index (χ4n) is 3.85. The van der Waals surface area contributed by atoms with Crippen LogP contribution in [0.5, 0.6) is 0 Å². The highest BCUT2D eigenvalue weighted by atomic mass is 16.5. The number of amides is 1. The molecule has 3 rings (SSSR count). The second-order valence-corrected chi connectivity index (χ2v) is 6.81. The lowest BCUT2D eigenvalue weighted by molar-refractivity contribution is -0.00710. The van der Waals surface area contributed by atoms with E-state index in [4.69, 9.17) is 9.47 Å². The largest absolute Gasteiger partial charge is 0.381 e. The lowest BCUT2D eigenvalue weighted by Crippen LogP contribution is -2.40. The van der Waals surface area contributed by atoms with E-state index in [1.807, 2.05) is 20.9 Å². The van der Waals surface area contributed by atoms with Crippen LogP contribution < -0.4 is 5.32 Å². The number of fused-ring (bicyclic) bond motifs is 1. The van der Waals surface area contributed by atoms with Crippen molar-refractivity contribution in [2.75, 3.05) is 7.11 Å². The molecule has 1 amide bonds. The number of aromatic nitrogens is 2. The molecule has 0 bridgehead atoms. The summed E-state index contributed by atoms with van der Waals surface area (Å²) in [5.74, 6) is -0.0107. The topological polar surface area (TPSA) is 65.4 Å². The van der Waals surface area contributed by atoms with E-state index in [0.717, 1.165) is 43.4 Å². The van der Waals surface area contributed by atoms with Gasteiger partial charge < -0.3 is 14.8 Å². The Morgan fingerprint density at radius 1 is 1.30 bits per heavy atom. The Balaban J connectivity index is 1.73. The van der Waals surface area contributed by atoms with Crippen molar-refractivity contribution in [2.24, 2.45) is 7.05 Å². The number of nitrogens with one attached hydrogen (secondary N) is 1. The van der Waals surface area contributed by atoms with Gasteiger partial charge in [-0.2, -0.15) is 5.10 Å². The number of ether oxygens (including phenoxy) is 2. The zero-order valence-electron chi connectivity index (χ0n) is 14.5. The molecule has 2 heterocycles. The second-order valence-electron chi connectivity index (χ2n) is 6.81. The molecular weight excluding hydrogens is 294 g/mol. The predicted octanol–water partition coefficient (Wildman–Crippen LogP) is 2.13. The molecule has 1 saturated carbocycles. The quantitative estimate of drug-likeness (QED) is 0.926. The van der Waals surface area contributed by atoms with Gasteiger partial charge in [0, 0.05) is 32.2 Å². The normalized spacial score (nSPS) is 30.8. The van der Waals surface area contributed by atoms with Crippen LogP contribution in [0.15, 0.2) is 0 Å². The van der Waals surface area contributed by atoms with Gasteiger partial charge in [-0.3, -0.25) is 9.48 Å². The number of hydrogen-bond donors (Lipinski definition) is 1. The summed E-state index contributed by atoms with van der Waals surface area (Å²) in [6.45, 7) is 4.04. The van der Waals surface area contributed by atoms with Crippen LogP contribution in [0, 0.1) is 0 Å². The van der Waals surface area contributed by atoms with Gasteiger partial charge in [-0.15, -0.1) is 0 Å². The second kappa shape index (κ2) is 6.61. The molecule has 0 saturated heterocycles. The molecule has 23 heavy (non-hydrogen) atoms. The SMILES string of the molecule is COC1CCC(NC(=O)c2c3c(nn2C)[C@H](C)O[C@H](C)C3)CC1. The minimum Gasteiger partial charge on any atom is -0.381 e. The van der Waals surface area contributed by atoms with Gasteiger partial charge in [0.1, 0.15) is 5.69 Å². The summed E-state index contributed by atoms with van der Waals surface area (Å²) < 4.78 is 12.9. The molecule has 1 aromatic rings. The molecular formula is C17H27N3O3. The first kappa shape index (κ1) is 16.5. The van der Waals surface area contributed by atoms with E-state index >= 15 is 0 Å². The fourth-order valence-corrected chi connectivity index (χ4v) is 3.85. The molecule has 1 fully saturated rings. The Labute approximate surface area is 137 Å². The van der Waals surface area contributed by atoms with Gasteiger partial charge in [0.15, 0.2) is 0 Å². The van der Waals surface area contributed by atoms with Crippen LogP contribution >= 0.6 is 0 Å². The maximum absolute atomic E-state index is 12.8. The first-order valence-electron chi connectivity index (χ1n) is 8.54. The summed E-state index contributed by atoms with van der Waals surface area (Å²) in [7, 11) is 3.60. The van der Waals surface area contributed by atoms with Gasteiger partial charge in [-0.05, 0) is 39.5 Å². The summed E-state index contributed by atoms with van der Waals surface area (Å²) in [4.78, 5) is 12.8. The van der Waals surface area contributed by atoms with Gasteiger partial charge in [-0.25, -0.2) is 0 Å². The highest BCUT2D eigenvalue weighted by Crippen LogP contribution is 2.31. The first-order chi connectivity index (χ1) is 11.0. The van der Waals surface area contributed by atoms with Crippen molar-refractivity contribution in [1.82, 2.24) is 15.1 Å². The van der Waals surface area contributed by atoms with Crippen molar-refractivity contribution in [1.29, 1.82) is 0 Å². The summed E-state index contributed by atoms with van der Waals surface area (Å²) in [5, 5.41) is 7.71. The maximum Gasteiger partial charge on any atom is 0.270 e. The molecule has 1 N–H and O–H groups in total. The Kier molecular flexibility index (Phi) is 4.73. The molecule has 2 atom stereocenters. The van der Waals surface area contributed by atoms with Gasteiger partial charge in [0.25, 0.3) is 5.91 Å². The number of nitrogens with zero attached hydrogens (tertiary/aromatic N) is 2. The van der Waals surface area contributed by atoms with E-state index in [2.05, 4.69) is 10.4 Å². The molecule has 6 nitrogen and oxygen atoms in total. The third kappa shape index (κ3) is 3.28. The molecule has 1 aliphatic carbocycles. The van der Waals surface area contributed by atoms with Crippen LogP contribution in [-0.4, -0.2) is 41.0 Å². The van der Waals surface area contributed by atoms with E-state index in [1.165, 1.54) is 0 Å². The minimum absolute atomic E-state index is 0.0107. The van der Waals surface area contributed by atoms with Crippen molar-refractivity contribution in [3.8, 4) is 0 Å². The highest BCUT2D eigenvalue weighted by molar-refractivity contribution is 5.94. The summed E-state index contributed by atoms with van der Waals surface area (Å²) in [5.41, 5.74) is 2.64. The monoisotopic (exact) mass is 321 g/mol. The van der Waals surface area contributed by atoms with Crippen LogP contribution in [-0.2, 0) is 22.9 Å². The Morgan fingerprint density at radius 2 is 2.00 bits per heavy atom. The van der Waals surface area contributed by atoms with Gasteiger partial charge in [-0.1, -0.05) is 0 Å². The summed E-state index contributed by atoms with van der Waals surface area (Å²) in [6, 6.07) is 0.231. The third-order valence-corrected chi connectivity index (χ3v) is 5.05. The van der Waals surface area contributed by atoms with Gasteiger partial charge >= 0.3 is 0 Å². The molecule has 2 aliphatic rings. The fraction of sp³-hybridized carbons (Fsp3) is 0.765. The van der Waals surface area contributed by atoms with Crippen LogP contribution in [0.2, 0.25) is 0 Å². The van der Waals surface area contributed by atoms with Crippen molar-refractivity contribution < 1.29 is 14.3 Å². The van der Waals surface area contributed by atoms with E-state index in [1.54, 1.807) is 11.8 Å². The Hall–Kier alpha value is -1.40. The molecule has 0 radical (unpaired) electrons. The van der Waals surface area contributed by atoms with Crippen LogP contribution in [0.1, 0.15) is 67.4 Å². The maximum atomic E-state index is 12.8. The molecule has 1 aromatic heterocycles. The number of carbonyl (C=O) groups excluding carboxylic acids is 1. The molecule has 128 valence electrons. The average molecular weight is 321 g/mol. The van der Waals surface area contributed by atoms with Crippen LogP contribution in [0.3, 0.4) is 0 Å². The molecule has 6 heteroatoms. The highest BCUT2D eigenvalue weighted by Gasteiger charge is 2.32. The lowest BCUT2D eigenvalue weighted by atomic mass is 9.92. The van der Waals surface area contributed by atoms with Crippen molar-refractivity contribution >= 4 is 5.91 Å². The number of aryl methyl sites for hydroxylation is 1. The number of carbonyl (C=O) groups is 1. The van der Waals surface area contributed by atoms with Crippen molar-refractivity contribution in [2.45, 2.75) is 70.3 Å². The average Bonchev–Trinajstić information content (AvgIpc) is 2.84. The van der Waals surface area contributed by atoms with E-state index in [-0.39, 0.29) is 24.2 Å². The van der Waals surface area contributed by atoms with E-state index in [0.29, 0.717) is 11.8 Å². The summed E-state index contributed by atoms with van der Waals surface area (Å²) in [6.07, 6.45) is 5.10. The van der Waals surface area contributed by atoms with Gasteiger partial charge in [0.2, 0.25) is 0 Å². The molecule has 0 aromatic carbocycles. The van der Waals surface area contributed by atoms with Crippen molar-refractivity contribution in [3.63, 3.8) is 0 Å². The zero-order chi connectivity index (χ0) is 16.6. The zero-order valence-corrected chi connectivity index (χ0v) is 14.5. The summed E-state index contributed by atoms with van der Waals surface area (Å²) >= 11 is 0. The number of hydrogen-bond acceptors (Lipinski definition) is 4. The van der Waals surface area contributed by atoms with Crippen LogP contribution in [0.25, 0.3) is 0 Å². The van der Waals surface area contributed by atoms with Gasteiger partial charge in [0.05, 0.1) is 24.0 Å². The van der Waals surface area contributed by atoms with Crippen molar-refractivity contribution in [3.05, 3.63) is 17.0 Å². The smallest absolute Gasteiger partial charge is 0.270 e. The predicted molar refractivity (Wildman–Crippen MR) is 86.4 cm³/mol. The molecule has 0 spiro atoms. The first-order valence-corrected chi connectivity index (χ1v) is 8.54. The standard InChI is InChI=1S/C17H27N3O3/c1-10-9-14-15(11(2)23-10)19-20(3)16(14)17(21)18-12-5-7-13(22-4)8-6-12/h10-13H,5-9H2,1-4H3,(H,18,21)/t10-,11+,12?,13?/m1/s1. The minimum atomic E-state index is -0.0568. The van der Waals surface area contributed by atoms with E-state index < -0.39 is 0 Å².